The van der Waals surface area contributed by atoms with E-state index in [4.69, 9.17) is 14.0 Å². The standard InChI is InChI=1S/C28H26N2O4/c1-32-22-14-13-21(17-24(22)33-2)23-18-25(30-34-23)28(15-16-28)27(31)29-26(19-9-5-3-6-10-19)20-11-7-4-8-12-20/h3-14,17-18,26H,15-16H2,1-2H3,(H,29,31). The molecular formula is C28H26N2O4. The van der Waals surface area contributed by atoms with Crippen molar-refractivity contribution in [2.75, 3.05) is 14.2 Å². The van der Waals surface area contributed by atoms with Crippen LogP contribution in [0.5, 0.6) is 11.5 Å². The van der Waals surface area contributed by atoms with Crippen LogP contribution in [0.2, 0.25) is 0 Å². The van der Waals surface area contributed by atoms with Crippen LogP contribution in [0.3, 0.4) is 0 Å². The van der Waals surface area contributed by atoms with Crippen molar-refractivity contribution in [1.82, 2.24) is 10.5 Å². The van der Waals surface area contributed by atoms with Gasteiger partial charge in [-0.05, 0) is 42.2 Å². The molecule has 3 aromatic carbocycles. The Kier molecular flexibility index (Phi) is 5.80. The van der Waals surface area contributed by atoms with E-state index >= 15 is 0 Å². The van der Waals surface area contributed by atoms with Crippen molar-refractivity contribution < 1.29 is 18.8 Å². The van der Waals surface area contributed by atoms with E-state index in [1.54, 1.807) is 14.2 Å². The second kappa shape index (κ2) is 9.06. The Balaban J connectivity index is 1.41. The molecule has 1 aromatic heterocycles. The van der Waals surface area contributed by atoms with Gasteiger partial charge in [-0.3, -0.25) is 4.79 Å². The summed E-state index contributed by atoms with van der Waals surface area (Å²) < 4.78 is 16.4. The Morgan fingerprint density at radius 3 is 2.06 bits per heavy atom. The summed E-state index contributed by atoms with van der Waals surface area (Å²) in [6.07, 6.45) is 1.46. The predicted molar refractivity (Wildman–Crippen MR) is 129 cm³/mol. The highest BCUT2D eigenvalue weighted by Gasteiger charge is 2.54. The van der Waals surface area contributed by atoms with Gasteiger partial charge in [0, 0.05) is 11.6 Å². The summed E-state index contributed by atoms with van der Waals surface area (Å²) in [7, 11) is 3.19. The molecule has 0 atom stereocenters. The van der Waals surface area contributed by atoms with Crippen molar-refractivity contribution in [1.29, 1.82) is 0 Å². The summed E-state index contributed by atoms with van der Waals surface area (Å²) >= 11 is 0. The molecule has 6 nitrogen and oxygen atoms in total. The maximum absolute atomic E-state index is 13.6. The van der Waals surface area contributed by atoms with Gasteiger partial charge in [-0.25, -0.2) is 0 Å². The molecule has 0 bridgehead atoms. The molecule has 1 N–H and O–H groups in total. The van der Waals surface area contributed by atoms with Gasteiger partial charge in [0.05, 0.1) is 31.4 Å². The first-order valence-corrected chi connectivity index (χ1v) is 11.2. The fourth-order valence-electron chi connectivity index (χ4n) is 4.27. The highest BCUT2D eigenvalue weighted by molar-refractivity contribution is 5.91. The van der Waals surface area contributed by atoms with Crippen molar-refractivity contribution >= 4 is 5.91 Å². The number of benzene rings is 3. The molecule has 0 radical (unpaired) electrons. The minimum atomic E-state index is -0.680. The third kappa shape index (κ3) is 4.03. The molecule has 0 aliphatic heterocycles. The Labute approximate surface area is 198 Å². The lowest BCUT2D eigenvalue weighted by atomic mass is 9.95. The van der Waals surface area contributed by atoms with E-state index in [1.165, 1.54) is 0 Å². The number of carbonyl (C=O) groups excluding carboxylic acids is 1. The number of amides is 1. The molecule has 1 aliphatic carbocycles. The fraction of sp³-hybridized carbons (Fsp3) is 0.214. The molecule has 1 aliphatic rings. The SMILES string of the molecule is COc1ccc(-c2cc(C3(C(=O)NC(c4ccccc4)c4ccccc4)CC3)no2)cc1OC. The van der Waals surface area contributed by atoms with Crippen LogP contribution < -0.4 is 14.8 Å². The fourth-order valence-corrected chi connectivity index (χ4v) is 4.27. The molecule has 4 aromatic rings. The van der Waals surface area contributed by atoms with E-state index in [0.29, 0.717) is 23.0 Å². The minimum absolute atomic E-state index is 0.0441. The molecule has 0 saturated heterocycles. The van der Waals surface area contributed by atoms with E-state index in [0.717, 1.165) is 29.5 Å². The lowest BCUT2D eigenvalue weighted by Gasteiger charge is -2.22. The zero-order valence-corrected chi connectivity index (χ0v) is 19.2. The first-order chi connectivity index (χ1) is 16.6. The van der Waals surface area contributed by atoms with Crippen molar-refractivity contribution in [3.8, 4) is 22.8 Å². The van der Waals surface area contributed by atoms with Gasteiger partial charge in [-0.1, -0.05) is 65.8 Å². The van der Waals surface area contributed by atoms with Gasteiger partial charge in [-0.2, -0.15) is 0 Å². The first kappa shape index (κ1) is 21.8. The monoisotopic (exact) mass is 454 g/mol. The van der Waals surface area contributed by atoms with Crippen LogP contribution in [0, 0.1) is 0 Å². The number of nitrogens with one attached hydrogen (secondary N) is 1. The molecule has 1 fully saturated rings. The molecule has 172 valence electrons. The lowest BCUT2D eigenvalue weighted by molar-refractivity contribution is -0.124. The Morgan fingerprint density at radius 2 is 1.50 bits per heavy atom. The molecule has 0 spiro atoms. The Hall–Kier alpha value is -4.06. The topological polar surface area (TPSA) is 73.6 Å². The van der Waals surface area contributed by atoms with Crippen LogP contribution in [0.4, 0.5) is 0 Å². The highest BCUT2D eigenvalue weighted by Crippen LogP contribution is 2.49. The van der Waals surface area contributed by atoms with Gasteiger partial charge in [0.25, 0.3) is 0 Å². The maximum Gasteiger partial charge on any atom is 0.233 e. The lowest BCUT2D eigenvalue weighted by Crippen LogP contribution is -2.38. The van der Waals surface area contributed by atoms with Gasteiger partial charge >= 0.3 is 0 Å². The third-order valence-electron chi connectivity index (χ3n) is 6.39. The second-order valence-electron chi connectivity index (χ2n) is 8.46. The average Bonchev–Trinajstić information content (AvgIpc) is 3.57. The molecular weight excluding hydrogens is 428 g/mol. The highest BCUT2D eigenvalue weighted by atomic mass is 16.5. The van der Waals surface area contributed by atoms with Crippen LogP contribution in [-0.4, -0.2) is 25.3 Å². The van der Waals surface area contributed by atoms with Crippen molar-refractivity contribution in [3.63, 3.8) is 0 Å². The van der Waals surface area contributed by atoms with Gasteiger partial charge in [0.1, 0.15) is 0 Å². The van der Waals surface area contributed by atoms with Crippen LogP contribution in [-0.2, 0) is 10.2 Å². The van der Waals surface area contributed by atoms with Crippen LogP contribution in [0.1, 0.15) is 35.7 Å². The number of ether oxygens (including phenoxy) is 2. The zero-order chi connectivity index (χ0) is 23.5. The van der Waals surface area contributed by atoms with E-state index in [-0.39, 0.29) is 11.9 Å². The summed E-state index contributed by atoms with van der Waals surface area (Å²) in [6.45, 7) is 0. The number of nitrogens with zero attached hydrogens (tertiary/aromatic N) is 1. The van der Waals surface area contributed by atoms with Gasteiger partial charge in [-0.15, -0.1) is 0 Å². The number of hydrogen-bond acceptors (Lipinski definition) is 5. The normalized spacial score (nSPS) is 14.0. The van der Waals surface area contributed by atoms with Crippen LogP contribution >= 0.6 is 0 Å². The molecule has 0 unspecified atom stereocenters. The third-order valence-corrected chi connectivity index (χ3v) is 6.39. The number of carbonyl (C=O) groups is 1. The Morgan fingerprint density at radius 1 is 0.882 bits per heavy atom. The van der Waals surface area contributed by atoms with Crippen LogP contribution in [0.15, 0.2) is 89.5 Å². The van der Waals surface area contributed by atoms with E-state index in [2.05, 4.69) is 10.5 Å². The van der Waals surface area contributed by atoms with E-state index < -0.39 is 5.41 Å². The van der Waals surface area contributed by atoms with Crippen molar-refractivity contribution in [3.05, 3.63) is 102 Å². The molecule has 1 saturated carbocycles. The number of hydrogen-bond donors (Lipinski definition) is 1. The van der Waals surface area contributed by atoms with Gasteiger partial charge in [0.15, 0.2) is 17.3 Å². The van der Waals surface area contributed by atoms with E-state index in [9.17, 15) is 4.79 Å². The van der Waals surface area contributed by atoms with E-state index in [1.807, 2.05) is 84.9 Å². The average molecular weight is 455 g/mol. The largest absolute Gasteiger partial charge is 0.493 e. The van der Waals surface area contributed by atoms with Gasteiger partial charge < -0.3 is 19.3 Å². The molecule has 1 heterocycles. The van der Waals surface area contributed by atoms with Crippen LogP contribution in [0.25, 0.3) is 11.3 Å². The predicted octanol–water partition coefficient (Wildman–Crippen LogP) is 5.30. The van der Waals surface area contributed by atoms with Gasteiger partial charge in [0.2, 0.25) is 5.91 Å². The smallest absolute Gasteiger partial charge is 0.233 e. The summed E-state index contributed by atoms with van der Waals surface area (Å²) in [5.74, 6) is 1.78. The second-order valence-corrected chi connectivity index (χ2v) is 8.46. The summed E-state index contributed by atoms with van der Waals surface area (Å²) in [5, 5.41) is 7.57. The Bertz CT molecular complexity index is 1240. The van der Waals surface area contributed by atoms with Crippen molar-refractivity contribution in [2.45, 2.75) is 24.3 Å². The summed E-state index contributed by atoms with van der Waals surface area (Å²) in [5.41, 5.74) is 2.84. The number of methoxy groups -OCH3 is 2. The first-order valence-electron chi connectivity index (χ1n) is 11.2. The molecule has 1 amide bonds. The summed E-state index contributed by atoms with van der Waals surface area (Å²) in [6, 6.07) is 27.1. The quantitative estimate of drug-likeness (QED) is 0.391. The number of aromatic nitrogens is 1. The minimum Gasteiger partial charge on any atom is -0.493 e. The number of rotatable bonds is 8. The molecule has 6 heteroatoms. The van der Waals surface area contributed by atoms with Crippen molar-refractivity contribution in [2.24, 2.45) is 0 Å². The maximum atomic E-state index is 13.6. The summed E-state index contributed by atoms with van der Waals surface area (Å²) in [4.78, 5) is 13.6. The zero-order valence-electron chi connectivity index (χ0n) is 19.2. The molecule has 34 heavy (non-hydrogen) atoms. The molecule has 5 rings (SSSR count).